The number of fused-ring (bicyclic) bond motifs is 12. The topological polar surface area (TPSA) is 12.5 Å². The Hall–Kier alpha value is -8.98. The lowest BCUT2D eigenvalue weighted by atomic mass is 9.65. The number of hydrogen-bond donors (Lipinski definition) is 0. The Labute approximate surface area is 409 Å². The molecule has 0 saturated heterocycles. The van der Waals surface area contributed by atoms with E-state index in [4.69, 9.17) is 4.74 Å². The molecular formula is C68H45NO. The SMILES string of the molecule is c1ccc(-c2cc3c(cc2-c2ccccc2)C2(c4ccccc4O3)c3ccccc3-c3ccc(N(c4ccccc4)c4ccc5c(c4)C(c4ccccc4)(c4ccccc4)c4ccccc4-5)cc32)cc1. The Balaban J connectivity index is 1.04. The zero-order valence-electron chi connectivity index (χ0n) is 38.3. The lowest BCUT2D eigenvalue weighted by Crippen LogP contribution is -2.32. The van der Waals surface area contributed by atoms with E-state index in [-0.39, 0.29) is 0 Å². The average Bonchev–Trinajstić information content (AvgIpc) is 3.89. The van der Waals surface area contributed by atoms with E-state index in [1.54, 1.807) is 0 Å². The van der Waals surface area contributed by atoms with Crippen LogP contribution < -0.4 is 9.64 Å². The zero-order valence-corrected chi connectivity index (χ0v) is 38.3. The first-order chi connectivity index (χ1) is 34.7. The van der Waals surface area contributed by atoms with Crippen LogP contribution >= 0.6 is 0 Å². The Morgan fingerprint density at radius 3 is 1.21 bits per heavy atom. The fraction of sp³-hybridized carbons (Fsp3) is 0.0294. The van der Waals surface area contributed by atoms with Crippen molar-refractivity contribution in [3.63, 3.8) is 0 Å². The molecule has 3 aliphatic rings. The zero-order chi connectivity index (χ0) is 46.2. The molecule has 2 nitrogen and oxygen atoms in total. The molecule has 11 aromatic carbocycles. The summed E-state index contributed by atoms with van der Waals surface area (Å²) in [5.74, 6) is 1.73. The number of nitrogens with zero attached hydrogens (tertiary/aromatic N) is 1. The standard InChI is InChI=1S/C68H45NO/c1-6-22-46(23-7-1)57-44-64-66(45-58(57)47-24-8-2-9-25-47)70-65-37-21-20-36-61(65)68(64)60-35-19-17-33-54(60)56-41-39-52(43-63(56)68)69(50-30-14-5-15-31-50)51-38-40-55-53-32-16-18-34-59(53)67(62(55)42-51,48-26-10-3-11-27-48)49-28-12-4-13-29-49/h1-45H. The summed E-state index contributed by atoms with van der Waals surface area (Å²) in [4.78, 5) is 2.46. The van der Waals surface area contributed by atoms with Gasteiger partial charge in [-0.1, -0.05) is 218 Å². The Morgan fingerprint density at radius 2 is 0.657 bits per heavy atom. The monoisotopic (exact) mass is 891 g/mol. The quantitative estimate of drug-likeness (QED) is 0.158. The van der Waals surface area contributed by atoms with E-state index < -0.39 is 10.8 Å². The highest BCUT2D eigenvalue weighted by atomic mass is 16.5. The number of rotatable bonds is 7. The van der Waals surface area contributed by atoms with Crippen molar-refractivity contribution in [3.05, 3.63) is 317 Å². The second kappa shape index (κ2) is 15.8. The number of benzene rings is 11. The molecule has 14 rings (SSSR count). The molecule has 1 aliphatic heterocycles. The fourth-order valence-electron chi connectivity index (χ4n) is 12.4. The highest BCUT2D eigenvalue weighted by molar-refractivity contribution is 5.95. The van der Waals surface area contributed by atoms with Gasteiger partial charge in [0.15, 0.2) is 0 Å². The van der Waals surface area contributed by atoms with Crippen molar-refractivity contribution in [2.45, 2.75) is 10.8 Å². The van der Waals surface area contributed by atoms with E-state index >= 15 is 0 Å². The molecule has 70 heavy (non-hydrogen) atoms. The van der Waals surface area contributed by atoms with Crippen molar-refractivity contribution in [1.29, 1.82) is 0 Å². The molecule has 11 aromatic rings. The van der Waals surface area contributed by atoms with Gasteiger partial charge in [0, 0.05) is 28.2 Å². The maximum Gasteiger partial charge on any atom is 0.132 e. The molecule has 328 valence electrons. The first-order valence-electron chi connectivity index (χ1n) is 24.2. The van der Waals surface area contributed by atoms with Crippen LogP contribution in [0.25, 0.3) is 44.5 Å². The van der Waals surface area contributed by atoms with E-state index in [0.717, 1.165) is 56.4 Å². The summed E-state index contributed by atoms with van der Waals surface area (Å²) >= 11 is 0. The summed E-state index contributed by atoms with van der Waals surface area (Å²) in [5.41, 5.74) is 21.4. The summed E-state index contributed by atoms with van der Waals surface area (Å²) in [6.07, 6.45) is 0. The lowest BCUT2D eigenvalue weighted by Gasteiger charge is -2.40. The van der Waals surface area contributed by atoms with Crippen LogP contribution in [0.3, 0.4) is 0 Å². The van der Waals surface area contributed by atoms with Crippen LogP contribution in [-0.2, 0) is 10.8 Å². The van der Waals surface area contributed by atoms with Crippen LogP contribution in [0, 0.1) is 0 Å². The maximum absolute atomic E-state index is 7.11. The van der Waals surface area contributed by atoms with Gasteiger partial charge in [0.05, 0.1) is 10.8 Å². The van der Waals surface area contributed by atoms with Crippen molar-refractivity contribution >= 4 is 17.1 Å². The number of anilines is 3. The van der Waals surface area contributed by atoms with Gasteiger partial charge in [-0.05, 0) is 132 Å². The average molecular weight is 892 g/mol. The van der Waals surface area contributed by atoms with Crippen molar-refractivity contribution in [2.24, 2.45) is 0 Å². The van der Waals surface area contributed by atoms with Gasteiger partial charge in [-0.2, -0.15) is 0 Å². The number of ether oxygens (including phenoxy) is 1. The summed E-state index contributed by atoms with van der Waals surface area (Å²) in [5, 5.41) is 0. The highest BCUT2D eigenvalue weighted by Crippen LogP contribution is 2.64. The fourth-order valence-corrected chi connectivity index (χ4v) is 12.4. The molecule has 0 aromatic heterocycles. The van der Waals surface area contributed by atoms with Crippen molar-refractivity contribution < 1.29 is 4.74 Å². The molecule has 1 spiro atoms. The second-order valence-corrected chi connectivity index (χ2v) is 18.7. The van der Waals surface area contributed by atoms with Crippen LogP contribution in [0.2, 0.25) is 0 Å². The molecule has 2 heteroatoms. The molecule has 0 saturated carbocycles. The van der Waals surface area contributed by atoms with Gasteiger partial charge in [0.25, 0.3) is 0 Å². The van der Waals surface area contributed by atoms with Gasteiger partial charge >= 0.3 is 0 Å². The normalized spacial score (nSPS) is 15.1. The van der Waals surface area contributed by atoms with Crippen LogP contribution in [-0.4, -0.2) is 0 Å². The third-order valence-corrected chi connectivity index (χ3v) is 15.2. The summed E-state index contributed by atoms with van der Waals surface area (Å²) in [6.45, 7) is 0. The van der Waals surface area contributed by atoms with E-state index in [1.165, 1.54) is 61.2 Å². The van der Waals surface area contributed by atoms with E-state index in [0.29, 0.717) is 0 Å². The van der Waals surface area contributed by atoms with E-state index in [2.05, 4.69) is 278 Å². The molecule has 1 heterocycles. The molecule has 1 atom stereocenters. The summed E-state index contributed by atoms with van der Waals surface area (Å²) in [6, 6.07) is 100. The van der Waals surface area contributed by atoms with Crippen LogP contribution in [0.1, 0.15) is 44.5 Å². The van der Waals surface area contributed by atoms with Gasteiger partial charge in [-0.25, -0.2) is 0 Å². The lowest BCUT2D eigenvalue weighted by molar-refractivity contribution is 0.436. The van der Waals surface area contributed by atoms with Gasteiger partial charge in [-0.15, -0.1) is 0 Å². The molecule has 2 aliphatic carbocycles. The third-order valence-electron chi connectivity index (χ3n) is 15.2. The van der Waals surface area contributed by atoms with Crippen molar-refractivity contribution in [1.82, 2.24) is 0 Å². The van der Waals surface area contributed by atoms with Gasteiger partial charge in [0.1, 0.15) is 11.5 Å². The maximum atomic E-state index is 7.11. The summed E-state index contributed by atoms with van der Waals surface area (Å²) < 4.78 is 7.11. The van der Waals surface area contributed by atoms with Gasteiger partial charge < -0.3 is 9.64 Å². The van der Waals surface area contributed by atoms with E-state index in [1.807, 2.05) is 0 Å². The van der Waals surface area contributed by atoms with Crippen LogP contribution in [0.5, 0.6) is 11.5 Å². The molecular weight excluding hydrogens is 847 g/mol. The minimum absolute atomic E-state index is 0.541. The summed E-state index contributed by atoms with van der Waals surface area (Å²) in [7, 11) is 0. The molecule has 0 radical (unpaired) electrons. The van der Waals surface area contributed by atoms with E-state index in [9.17, 15) is 0 Å². The Kier molecular flexibility index (Phi) is 9.06. The van der Waals surface area contributed by atoms with Crippen LogP contribution in [0.15, 0.2) is 273 Å². The molecule has 0 fully saturated rings. The smallest absolute Gasteiger partial charge is 0.132 e. The Morgan fingerprint density at radius 1 is 0.243 bits per heavy atom. The first kappa shape index (κ1) is 40.1. The van der Waals surface area contributed by atoms with Crippen molar-refractivity contribution in [2.75, 3.05) is 4.90 Å². The first-order valence-corrected chi connectivity index (χ1v) is 24.2. The second-order valence-electron chi connectivity index (χ2n) is 18.7. The minimum atomic E-state index is -0.706. The highest BCUT2D eigenvalue weighted by Gasteiger charge is 2.52. The predicted octanol–water partition coefficient (Wildman–Crippen LogP) is 17.3. The molecule has 0 bridgehead atoms. The number of para-hydroxylation sites is 2. The molecule has 0 N–H and O–H groups in total. The predicted molar refractivity (Wildman–Crippen MR) is 287 cm³/mol. The number of hydrogen-bond acceptors (Lipinski definition) is 2. The van der Waals surface area contributed by atoms with Gasteiger partial charge in [0.2, 0.25) is 0 Å². The largest absolute Gasteiger partial charge is 0.457 e. The third kappa shape index (κ3) is 5.74. The molecule has 1 unspecified atom stereocenters. The van der Waals surface area contributed by atoms with Gasteiger partial charge in [-0.3, -0.25) is 0 Å². The minimum Gasteiger partial charge on any atom is -0.457 e. The molecule has 0 amide bonds. The van der Waals surface area contributed by atoms with Crippen molar-refractivity contribution in [3.8, 4) is 56.0 Å². The Bertz CT molecular complexity index is 3750. The van der Waals surface area contributed by atoms with Crippen LogP contribution in [0.4, 0.5) is 17.1 Å².